The van der Waals surface area contributed by atoms with E-state index in [0.29, 0.717) is 37.0 Å². The summed E-state index contributed by atoms with van der Waals surface area (Å²) in [7, 11) is -3.18. The number of hydrogen-bond donors (Lipinski definition) is 1. The van der Waals surface area contributed by atoms with E-state index in [1.54, 1.807) is 12.1 Å². The Labute approximate surface area is 143 Å². The van der Waals surface area contributed by atoms with Crippen molar-refractivity contribution in [1.82, 2.24) is 10.2 Å². The summed E-state index contributed by atoms with van der Waals surface area (Å²) in [5.41, 5.74) is 0. The zero-order valence-electron chi connectivity index (χ0n) is 13.9. The minimum atomic E-state index is -3.18. The van der Waals surface area contributed by atoms with Crippen LogP contribution in [0.3, 0.4) is 0 Å². The second kappa shape index (κ2) is 7.11. The number of likely N-dealkylation sites (tertiary alicyclic amines) is 1. The number of ether oxygens (including phenoxy) is 1. The van der Waals surface area contributed by atoms with Crippen LogP contribution in [0.2, 0.25) is 0 Å². The summed E-state index contributed by atoms with van der Waals surface area (Å²) in [6.07, 6.45) is 2.34. The first-order valence-corrected chi connectivity index (χ1v) is 10.2. The molecule has 24 heavy (non-hydrogen) atoms. The lowest BCUT2D eigenvalue weighted by Crippen LogP contribution is -2.31. The number of hydrogen-bond acceptors (Lipinski definition) is 5. The van der Waals surface area contributed by atoms with Gasteiger partial charge in [-0.15, -0.1) is 0 Å². The molecule has 132 valence electrons. The number of amides is 1. The van der Waals surface area contributed by atoms with Gasteiger partial charge in [-0.25, -0.2) is 8.42 Å². The highest BCUT2D eigenvalue weighted by atomic mass is 32.2. The molecule has 0 spiro atoms. The molecule has 1 aromatic carbocycles. The number of fused-ring (bicyclic) bond motifs is 1. The number of rotatable bonds is 6. The Morgan fingerprint density at radius 2 is 1.83 bits per heavy atom. The topological polar surface area (TPSA) is 75.7 Å². The Morgan fingerprint density at radius 1 is 1.21 bits per heavy atom. The fourth-order valence-electron chi connectivity index (χ4n) is 3.41. The highest BCUT2D eigenvalue weighted by Gasteiger charge is 2.37. The average molecular weight is 352 g/mol. The van der Waals surface area contributed by atoms with Crippen LogP contribution >= 0.6 is 0 Å². The van der Waals surface area contributed by atoms with Crippen LogP contribution in [0.15, 0.2) is 29.2 Å². The third-order valence-corrected chi connectivity index (χ3v) is 5.93. The average Bonchev–Trinajstić information content (AvgIpc) is 3.12. The molecule has 0 aromatic heterocycles. The van der Waals surface area contributed by atoms with Crippen molar-refractivity contribution in [2.24, 2.45) is 11.8 Å². The Hall–Kier alpha value is -1.60. The van der Waals surface area contributed by atoms with Gasteiger partial charge < -0.3 is 15.0 Å². The summed E-state index contributed by atoms with van der Waals surface area (Å²) < 4.78 is 28.4. The van der Waals surface area contributed by atoms with Gasteiger partial charge in [-0.2, -0.15) is 0 Å². The molecule has 2 aliphatic rings. The lowest BCUT2D eigenvalue weighted by atomic mass is 10.0. The van der Waals surface area contributed by atoms with E-state index in [2.05, 4.69) is 5.32 Å². The van der Waals surface area contributed by atoms with Gasteiger partial charge in [0.15, 0.2) is 9.84 Å². The minimum absolute atomic E-state index is 0.209. The van der Waals surface area contributed by atoms with Gasteiger partial charge >= 0.3 is 0 Å². The van der Waals surface area contributed by atoms with Gasteiger partial charge in [-0.05, 0) is 42.5 Å². The maximum atomic E-state index is 12.2. The fourth-order valence-corrected chi connectivity index (χ4v) is 4.04. The molecule has 0 unspecified atom stereocenters. The van der Waals surface area contributed by atoms with Gasteiger partial charge in [0.2, 0.25) is 5.91 Å². The molecular formula is C17H24N2O4S. The molecule has 0 radical (unpaired) electrons. The third-order valence-electron chi connectivity index (χ3n) is 4.80. The Morgan fingerprint density at radius 3 is 2.42 bits per heavy atom. The van der Waals surface area contributed by atoms with Crippen LogP contribution in [-0.4, -0.2) is 58.3 Å². The van der Waals surface area contributed by atoms with E-state index < -0.39 is 9.84 Å². The standard InChI is InChI=1S/C17H24N2O4S/c1-24(21,22)16-6-4-15(5-7-16)23-8-2-3-17(20)19-11-13-9-18-10-14(13)12-19/h4-7,13-14,18H,2-3,8-12H2,1H3/t13-,14+. The number of carbonyl (C=O) groups excluding carboxylic acids is 1. The molecule has 0 bridgehead atoms. The molecule has 0 saturated carbocycles. The number of nitrogens with one attached hydrogen (secondary N) is 1. The summed E-state index contributed by atoms with van der Waals surface area (Å²) in [6, 6.07) is 6.36. The van der Waals surface area contributed by atoms with Crippen LogP contribution in [0.25, 0.3) is 0 Å². The second-order valence-electron chi connectivity index (χ2n) is 6.67. The van der Waals surface area contributed by atoms with Gasteiger partial charge in [0.05, 0.1) is 11.5 Å². The molecule has 7 heteroatoms. The smallest absolute Gasteiger partial charge is 0.222 e. The predicted molar refractivity (Wildman–Crippen MR) is 90.7 cm³/mol. The van der Waals surface area contributed by atoms with Crippen LogP contribution in [0.5, 0.6) is 5.75 Å². The molecule has 2 heterocycles. The molecule has 1 aromatic rings. The van der Waals surface area contributed by atoms with Gasteiger partial charge in [0.25, 0.3) is 0 Å². The van der Waals surface area contributed by atoms with E-state index in [4.69, 9.17) is 4.74 Å². The lowest BCUT2D eigenvalue weighted by molar-refractivity contribution is -0.130. The predicted octanol–water partition coefficient (Wildman–Crippen LogP) is 0.927. The quantitative estimate of drug-likeness (QED) is 0.771. The van der Waals surface area contributed by atoms with Crippen molar-refractivity contribution < 1.29 is 17.9 Å². The highest BCUT2D eigenvalue weighted by Crippen LogP contribution is 2.26. The van der Waals surface area contributed by atoms with Crippen molar-refractivity contribution in [3.63, 3.8) is 0 Å². The Bertz CT molecular complexity index is 675. The summed E-state index contributed by atoms with van der Waals surface area (Å²) >= 11 is 0. The van der Waals surface area contributed by atoms with Gasteiger partial charge in [0.1, 0.15) is 5.75 Å². The van der Waals surface area contributed by atoms with Crippen molar-refractivity contribution in [2.45, 2.75) is 17.7 Å². The van der Waals surface area contributed by atoms with Gasteiger partial charge in [-0.1, -0.05) is 0 Å². The molecule has 1 N–H and O–H groups in total. The molecular weight excluding hydrogens is 328 g/mol. The maximum Gasteiger partial charge on any atom is 0.222 e. The lowest BCUT2D eigenvalue weighted by Gasteiger charge is -2.17. The monoisotopic (exact) mass is 352 g/mol. The van der Waals surface area contributed by atoms with Crippen LogP contribution in [0, 0.1) is 11.8 Å². The molecule has 2 saturated heterocycles. The first-order valence-electron chi connectivity index (χ1n) is 8.35. The van der Waals surface area contributed by atoms with Crippen molar-refractivity contribution in [3.05, 3.63) is 24.3 Å². The zero-order chi connectivity index (χ0) is 17.2. The maximum absolute atomic E-state index is 12.2. The summed E-state index contributed by atoms with van der Waals surface area (Å²) in [5.74, 6) is 2.08. The highest BCUT2D eigenvalue weighted by molar-refractivity contribution is 7.90. The van der Waals surface area contributed by atoms with Gasteiger partial charge in [-0.3, -0.25) is 4.79 Å². The van der Waals surface area contributed by atoms with E-state index in [9.17, 15) is 13.2 Å². The first kappa shape index (κ1) is 17.2. The van der Waals surface area contributed by atoms with Crippen LogP contribution < -0.4 is 10.1 Å². The van der Waals surface area contributed by atoms with Crippen molar-refractivity contribution in [3.8, 4) is 5.75 Å². The van der Waals surface area contributed by atoms with E-state index in [1.165, 1.54) is 18.4 Å². The zero-order valence-corrected chi connectivity index (χ0v) is 14.7. The number of benzene rings is 1. The normalized spacial score (nSPS) is 23.3. The largest absolute Gasteiger partial charge is 0.494 e. The summed E-state index contributed by atoms with van der Waals surface area (Å²) in [4.78, 5) is 14.5. The number of nitrogens with zero attached hydrogens (tertiary/aromatic N) is 1. The van der Waals surface area contributed by atoms with E-state index in [1.807, 2.05) is 4.90 Å². The van der Waals surface area contributed by atoms with E-state index >= 15 is 0 Å². The molecule has 3 rings (SSSR count). The molecule has 2 fully saturated rings. The first-order chi connectivity index (χ1) is 11.4. The number of carbonyl (C=O) groups is 1. The Balaban J connectivity index is 1.38. The van der Waals surface area contributed by atoms with Crippen LogP contribution in [0.1, 0.15) is 12.8 Å². The van der Waals surface area contributed by atoms with E-state index in [-0.39, 0.29) is 10.8 Å². The summed E-state index contributed by atoms with van der Waals surface area (Å²) in [6.45, 7) is 4.27. The molecule has 2 atom stereocenters. The van der Waals surface area contributed by atoms with Gasteiger partial charge in [0, 0.05) is 38.9 Å². The van der Waals surface area contributed by atoms with Crippen LogP contribution in [0.4, 0.5) is 0 Å². The molecule has 0 aliphatic carbocycles. The summed E-state index contributed by atoms with van der Waals surface area (Å²) in [5, 5.41) is 3.37. The molecule has 1 amide bonds. The van der Waals surface area contributed by atoms with Crippen molar-refractivity contribution in [2.75, 3.05) is 39.0 Å². The Kier molecular flexibility index (Phi) is 5.10. The number of sulfone groups is 1. The minimum Gasteiger partial charge on any atom is -0.494 e. The van der Waals surface area contributed by atoms with Crippen molar-refractivity contribution in [1.29, 1.82) is 0 Å². The fraction of sp³-hybridized carbons (Fsp3) is 0.588. The molecule has 6 nitrogen and oxygen atoms in total. The molecule has 2 aliphatic heterocycles. The third kappa shape index (κ3) is 4.08. The SMILES string of the molecule is CS(=O)(=O)c1ccc(OCCCC(=O)N2C[C@H]3CNC[C@H]3C2)cc1. The second-order valence-corrected chi connectivity index (χ2v) is 8.69. The van der Waals surface area contributed by atoms with E-state index in [0.717, 1.165) is 26.2 Å². The van der Waals surface area contributed by atoms with Crippen LogP contribution in [-0.2, 0) is 14.6 Å². The van der Waals surface area contributed by atoms with Crippen molar-refractivity contribution >= 4 is 15.7 Å².